The van der Waals surface area contributed by atoms with E-state index in [-0.39, 0.29) is 12.0 Å². The number of carbonyl (C=O) groups excluding carboxylic acids is 1. The molecular formula is C20H32N4O2. The maximum absolute atomic E-state index is 12.6. The Bertz CT molecular complexity index is 648. The van der Waals surface area contributed by atoms with E-state index >= 15 is 0 Å². The Labute approximate surface area is 157 Å². The van der Waals surface area contributed by atoms with Crippen LogP contribution in [-0.4, -0.2) is 47.7 Å². The molecule has 0 radical (unpaired) electrons. The summed E-state index contributed by atoms with van der Waals surface area (Å²) in [5.41, 5.74) is 2.51. The lowest BCUT2D eigenvalue weighted by Crippen LogP contribution is -2.35. The molecule has 1 unspecified atom stereocenters. The van der Waals surface area contributed by atoms with Gasteiger partial charge in [0, 0.05) is 12.3 Å². The summed E-state index contributed by atoms with van der Waals surface area (Å²) >= 11 is 0. The van der Waals surface area contributed by atoms with E-state index in [1.54, 1.807) is 0 Å². The molecular weight excluding hydrogens is 328 g/mol. The van der Waals surface area contributed by atoms with Gasteiger partial charge in [0.25, 0.3) is 0 Å². The van der Waals surface area contributed by atoms with Crippen molar-refractivity contribution >= 4 is 11.7 Å². The summed E-state index contributed by atoms with van der Waals surface area (Å²) in [6, 6.07) is 2.27. The third-order valence-electron chi connectivity index (χ3n) is 5.06. The van der Waals surface area contributed by atoms with Crippen LogP contribution in [-0.2, 0) is 16.1 Å². The van der Waals surface area contributed by atoms with Gasteiger partial charge in [-0.25, -0.2) is 0 Å². The molecule has 0 aromatic carbocycles. The molecule has 1 fully saturated rings. The minimum absolute atomic E-state index is 0.0607. The number of nitriles is 1. The van der Waals surface area contributed by atoms with Crippen molar-refractivity contribution in [2.75, 3.05) is 31.6 Å². The lowest BCUT2D eigenvalue weighted by Gasteiger charge is -2.21. The average Bonchev–Trinajstić information content (AvgIpc) is 3.19. The van der Waals surface area contributed by atoms with Crippen molar-refractivity contribution < 1.29 is 9.53 Å². The van der Waals surface area contributed by atoms with Gasteiger partial charge in [0.1, 0.15) is 11.9 Å². The van der Waals surface area contributed by atoms with E-state index < -0.39 is 0 Å². The fraction of sp³-hybridized carbons (Fsp3) is 0.700. The Morgan fingerprint density at radius 3 is 2.58 bits per heavy atom. The molecule has 1 aliphatic rings. The van der Waals surface area contributed by atoms with Crippen LogP contribution < -0.4 is 5.32 Å². The summed E-state index contributed by atoms with van der Waals surface area (Å²) in [4.78, 5) is 14.8. The zero-order valence-electron chi connectivity index (χ0n) is 16.6. The van der Waals surface area contributed by atoms with Crippen LogP contribution >= 0.6 is 0 Å². The molecule has 1 aromatic rings. The van der Waals surface area contributed by atoms with E-state index in [1.165, 1.54) is 0 Å². The Morgan fingerprint density at radius 1 is 1.35 bits per heavy atom. The molecule has 1 amide bonds. The largest absolute Gasteiger partial charge is 0.376 e. The number of amides is 1. The first-order valence-electron chi connectivity index (χ1n) is 9.75. The van der Waals surface area contributed by atoms with Crippen LogP contribution in [0.3, 0.4) is 0 Å². The van der Waals surface area contributed by atoms with E-state index in [9.17, 15) is 10.1 Å². The molecule has 0 bridgehead atoms. The fourth-order valence-electron chi connectivity index (χ4n) is 3.63. The van der Waals surface area contributed by atoms with Gasteiger partial charge in [-0.1, -0.05) is 13.8 Å². The molecule has 1 atom stereocenters. The maximum atomic E-state index is 12.6. The number of nitrogens with one attached hydrogen (secondary N) is 1. The Balaban J connectivity index is 2.19. The Morgan fingerprint density at radius 2 is 2.04 bits per heavy atom. The molecule has 1 N–H and O–H groups in total. The van der Waals surface area contributed by atoms with Gasteiger partial charge < -0.3 is 14.6 Å². The fourth-order valence-corrected chi connectivity index (χ4v) is 3.63. The first-order valence-corrected chi connectivity index (χ1v) is 9.75. The summed E-state index contributed by atoms with van der Waals surface area (Å²) in [5.74, 6) is 0.561. The van der Waals surface area contributed by atoms with Crippen molar-refractivity contribution in [3.05, 3.63) is 16.8 Å². The number of anilines is 1. The second kappa shape index (κ2) is 9.75. The SMILES string of the molecule is CCCN(CCC)CC(=O)Nc1c(C#N)c(C)c(C)n1CC1CCCO1. The van der Waals surface area contributed by atoms with E-state index in [1.807, 2.05) is 18.4 Å². The van der Waals surface area contributed by atoms with Crippen LogP contribution in [0.5, 0.6) is 0 Å². The highest BCUT2D eigenvalue weighted by Crippen LogP contribution is 2.28. The summed E-state index contributed by atoms with van der Waals surface area (Å²) in [7, 11) is 0. The normalized spacial score (nSPS) is 16.8. The van der Waals surface area contributed by atoms with E-state index in [2.05, 4.69) is 30.1 Å². The third-order valence-corrected chi connectivity index (χ3v) is 5.06. The van der Waals surface area contributed by atoms with Crippen LogP contribution in [0.1, 0.15) is 56.4 Å². The number of rotatable bonds is 9. The maximum Gasteiger partial charge on any atom is 0.239 e. The lowest BCUT2D eigenvalue weighted by atomic mass is 10.2. The van der Waals surface area contributed by atoms with Crippen LogP contribution in [0.15, 0.2) is 0 Å². The van der Waals surface area contributed by atoms with Crippen molar-refractivity contribution in [3.8, 4) is 6.07 Å². The highest BCUT2D eigenvalue weighted by Gasteiger charge is 2.24. The van der Waals surface area contributed by atoms with Gasteiger partial charge in [-0.05, 0) is 58.2 Å². The number of carbonyl (C=O) groups is 1. The summed E-state index contributed by atoms with van der Waals surface area (Å²) in [5, 5.41) is 12.6. The number of hydrogen-bond acceptors (Lipinski definition) is 4. The smallest absolute Gasteiger partial charge is 0.239 e. The number of ether oxygens (including phenoxy) is 1. The van der Waals surface area contributed by atoms with Gasteiger partial charge in [-0.3, -0.25) is 9.69 Å². The molecule has 0 spiro atoms. The number of hydrogen-bond donors (Lipinski definition) is 1. The quantitative estimate of drug-likeness (QED) is 0.734. The van der Waals surface area contributed by atoms with Crippen LogP contribution in [0.2, 0.25) is 0 Å². The highest BCUT2D eigenvalue weighted by atomic mass is 16.5. The minimum atomic E-state index is -0.0607. The lowest BCUT2D eigenvalue weighted by molar-refractivity contribution is -0.117. The summed E-state index contributed by atoms with van der Waals surface area (Å²) in [6.07, 6.45) is 4.28. The molecule has 144 valence electrons. The van der Waals surface area contributed by atoms with Gasteiger partial charge in [-0.2, -0.15) is 5.26 Å². The standard InChI is InChI=1S/C20H32N4O2/c1-5-9-23(10-6-2)14-19(25)22-20-18(12-21)15(3)16(4)24(20)13-17-8-7-11-26-17/h17H,5-11,13-14H2,1-4H3,(H,22,25). The van der Waals surface area contributed by atoms with Crippen molar-refractivity contribution in [1.29, 1.82) is 5.26 Å². The third kappa shape index (κ3) is 4.87. The van der Waals surface area contributed by atoms with E-state index in [4.69, 9.17) is 4.74 Å². The number of aromatic nitrogens is 1. The monoisotopic (exact) mass is 360 g/mol. The first kappa shape index (κ1) is 20.5. The van der Waals surface area contributed by atoms with Crippen LogP contribution in [0.25, 0.3) is 0 Å². The molecule has 2 rings (SSSR count). The molecule has 0 aliphatic carbocycles. The number of nitrogens with zero attached hydrogens (tertiary/aromatic N) is 3. The topological polar surface area (TPSA) is 70.3 Å². The molecule has 1 aliphatic heterocycles. The average molecular weight is 361 g/mol. The Kier molecular flexibility index (Phi) is 7.67. The van der Waals surface area contributed by atoms with Crippen molar-refractivity contribution in [2.45, 2.75) is 66.0 Å². The zero-order valence-corrected chi connectivity index (χ0v) is 16.6. The van der Waals surface area contributed by atoms with Crippen molar-refractivity contribution in [1.82, 2.24) is 9.47 Å². The predicted octanol–water partition coefficient (Wildman–Crippen LogP) is 3.22. The first-order chi connectivity index (χ1) is 12.5. The van der Waals surface area contributed by atoms with Crippen LogP contribution in [0, 0.1) is 25.2 Å². The zero-order chi connectivity index (χ0) is 19.1. The summed E-state index contributed by atoms with van der Waals surface area (Å²) < 4.78 is 7.81. The molecule has 26 heavy (non-hydrogen) atoms. The molecule has 0 saturated carbocycles. The van der Waals surface area contributed by atoms with E-state index in [0.717, 1.165) is 56.6 Å². The van der Waals surface area contributed by atoms with Gasteiger partial charge in [0.2, 0.25) is 5.91 Å². The van der Waals surface area contributed by atoms with Crippen LogP contribution in [0.4, 0.5) is 5.82 Å². The highest BCUT2D eigenvalue weighted by molar-refractivity contribution is 5.93. The molecule has 1 aromatic heterocycles. The molecule has 1 saturated heterocycles. The molecule has 6 nitrogen and oxygen atoms in total. The predicted molar refractivity (Wildman–Crippen MR) is 103 cm³/mol. The Hall–Kier alpha value is -1.84. The molecule has 2 heterocycles. The second-order valence-corrected chi connectivity index (χ2v) is 7.12. The van der Waals surface area contributed by atoms with Crippen molar-refractivity contribution in [2.24, 2.45) is 0 Å². The molecule has 6 heteroatoms. The van der Waals surface area contributed by atoms with Gasteiger partial charge in [0.05, 0.1) is 24.8 Å². The van der Waals surface area contributed by atoms with Gasteiger partial charge >= 0.3 is 0 Å². The van der Waals surface area contributed by atoms with Crippen molar-refractivity contribution in [3.63, 3.8) is 0 Å². The van der Waals surface area contributed by atoms with Gasteiger partial charge in [-0.15, -0.1) is 0 Å². The summed E-state index contributed by atoms with van der Waals surface area (Å²) in [6.45, 7) is 11.8. The minimum Gasteiger partial charge on any atom is -0.376 e. The van der Waals surface area contributed by atoms with E-state index in [0.29, 0.717) is 24.5 Å². The second-order valence-electron chi connectivity index (χ2n) is 7.12. The van der Waals surface area contributed by atoms with Gasteiger partial charge in [0.15, 0.2) is 0 Å².